The topological polar surface area (TPSA) is 166 Å². The molecule has 2 aromatic heterocycles. The maximum absolute atomic E-state index is 11.4. The Hall–Kier alpha value is -5.78. The Kier molecular flexibility index (Phi) is 30.9. The van der Waals surface area contributed by atoms with E-state index in [1.807, 2.05) is 91.0 Å². The third-order valence-electron chi connectivity index (χ3n) is 8.11. The summed E-state index contributed by atoms with van der Waals surface area (Å²) in [5, 5.41) is 16.9. The number of nitrogens with zero attached hydrogens (tertiary/aromatic N) is 2. The van der Waals surface area contributed by atoms with Gasteiger partial charge in [-0.05, 0) is 66.6 Å². The number of hydrogen-bond donors (Lipinski definition) is 6. The number of carbonyl (C=O) groups excluding carboxylic acids is 4. The summed E-state index contributed by atoms with van der Waals surface area (Å²) in [5.74, 6) is 0.203. The van der Waals surface area contributed by atoms with E-state index in [2.05, 4.69) is 69.6 Å². The van der Waals surface area contributed by atoms with Crippen LogP contribution in [0.3, 0.4) is 0 Å². The molecule has 0 fully saturated rings. The molecule has 2 aromatic carbocycles. The van der Waals surface area contributed by atoms with Gasteiger partial charge in [-0.3, -0.25) is 19.6 Å². The first-order valence-electron chi connectivity index (χ1n) is 20.7. The maximum Gasteiger partial charge on any atom is 0.315 e. The molecular weight excluding hydrogens is 729 g/mol. The first-order chi connectivity index (χ1) is 28.3. The lowest BCUT2D eigenvalue weighted by Crippen LogP contribution is -2.35. The van der Waals surface area contributed by atoms with Crippen LogP contribution in [0.4, 0.5) is 9.59 Å². The van der Waals surface area contributed by atoms with Gasteiger partial charge in [-0.1, -0.05) is 120 Å². The monoisotopic (exact) mass is 797 g/mol. The summed E-state index contributed by atoms with van der Waals surface area (Å²) >= 11 is 0. The van der Waals surface area contributed by atoms with Crippen molar-refractivity contribution < 1.29 is 19.2 Å². The van der Waals surface area contributed by atoms with Crippen LogP contribution in [0.5, 0.6) is 0 Å². The number of benzene rings is 2. The fourth-order valence-corrected chi connectivity index (χ4v) is 4.74. The van der Waals surface area contributed by atoms with Crippen LogP contribution in [-0.4, -0.2) is 60.0 Å². The molecule has 12 nitrogen and oxygen atoms in total. The molecule has 58 heavy (non-hydrogen) atoms. The van der Waals surface area contributed by atoms with Crippen molar-refractivity contribution in [2.75, 3.05) is 26.2 Å². The zero-order valence-corrected chi connectivity index (χ0v) is 35.2. The number of amides is 6. The van der Waals surface area contributed by atoms with E-state index >= 15 is 0 Å². The lowest BCUT2D eigenvalue weighted by atomic mass is 10.1. The minimum absolute atomic E-state index is 0.0876. The van der Waals surface area contributed by atoms with Crippen LogP contribution >= 0.6 is 0 Å². The van der Waals surface area contributed by atoms with E-state index in [0.29, 0.717) is 25.9 Å². The van der Waals surface area contributed by atoms with Crippen LogP contribution in [0.25, 0.3) is 0 Å². The maximum atomic E-state index is 11.4. The van der Waals surface area contributed by atoms with Crippen molar-refractivity contribution in [3.63, 3.8) is 0 Å². The fourth-order valence-electron chi connectivity index (χ4n) is 4.74. The Bertz CT molecular complexity index is 1480. The summed E-state index contributed by atoms with van der Waals surface area (Å²) in [6.07, 6.45) is 14.6. The van der Waals surface area contributed by atoms with Gasteiger partial charge in [-0.25, -0.2) is 9.59 Å². The molecular formula is C46H68N8O4. The Balaban J connectivity index is 0.000000387. The first-order valence-corrected chi connectivity index (χ1v) is 20.7. The second-order valence-electron chi connectivity index (χ2n) is 13.3. The zero-order valence-electron chi connectivity index (χ0n) is 35.2. The molecule has 4 rings (SSSR count). The molecule has 0 saturated carbocycles. The van der Waals surface area contributed by atoms with E-state index in [4.69, 9.17) is 0 Å². The van der Waals surface area contributed by atoms with Crippen molar-refractivity contribution in [1.29, 1.82) is 0 Å². The molecule has 0 bridgehead atoms. The second kappa shape index (κ2) is 35.6. The largest absolute Gasteiger partial charge is 0.356 e. The van der Waals surface area contributed by atoms with Gasteiger partial charge in [0.2, 0.25) is 11.8 Å². The van der Waals surface area contributed by atoms with Crippen LogP contribution in [0.1, 0.15) is 101 Å². The molecule has 0 spiro atoms. The van der Waals surface area contributed by atoms with E-state index in [-0.39, 0.29) is 23.9 Å². The number of nitrogens with one attached hydrogen (secondary N) is 6. The van der Waals surface area contributed by atoms with Gasteiger partial charge in [0.15, 0.2) is 0 Å². The van der Waals surface area contributed by atoms with E-state index in [0.717, 1.165) is 99.9 Å². The number of hydrogen-bond acceptors (Lipinski definition) is 6. The molecule has 6 amide bonds. The lowest BCUT2D eigenvalue weighted by molar-refractivity contribution is -0.121. The van der Waals surface area contributed by atoms with Crippen molar-refractivity contribution >= 4 is 23.9 Å². The van der Waals surface area contributed by atoms with Crippen LogP contribution in [0, 0.1) is 0 Å². The van der Waals surface area contributed by atoms with Gasteiger partial charge >= 0.3 is 12.1 Å². The van der Waals surface area contributed by atoms with Gasteiger partial charge in [0.25, 0.3) is 0 Å². The highest BCUT2D eigenvalue weighted by Gasteiger charge is 2.03. The smallest absolute Gasteiger partial charge is 0.315 e. The first kappa shape index (κ1) is 50.2. The van der Waals surface area contributed by atoms with Crippen molar-refractivity contribution in [2.45, 2.75) is 105 Å². The number of rotatable bonds is 20. The number of unbranched alkanes of at least 4 members (excludes halogenated alkanes) is 4. The second-order valence-corrected chi connectivity index (χ2v) is 13.3. The van der Waals surface area contributed by atoms with E-state index < -0.39 is 0 Å². The average Bonchev–Trinajstić information content (AvgIpc) is 3.25. The minimum Gasteiger partial charge on any atom is -0.356 e. The van der Waals surface area contributed by atoms with E-state index in [1.54, 1.807) is 18.6 Å². The Morgan fingerprint density at radius 2 is 0.845 bits per heavy atom. The summed E-state index contributed by atoms with van der Waals surface area (Å²) in [6, 6.07) is 28.8. The molecule has 6 N–H and O–H groups in total. The number of carbonyl (C=O) groups is 4. The van der Waals surface area contributed by atoms with Crippen molar-refractivity contribution in [3.05, 3.63) is 132 Å². The summed E-state index contributed by atoms with van der Waals surface area (Å²) in [7, 11) is 0. The number of pyridine rings is 2. The molecule has 0 aliphatic carbocycles. The van der Waals surface area contributed by atoms with Gasteiger partial charge in [-0.2, -0.15) is 0 Å². The Morgan fingerprint density at radius 1 is 0.431 bits per heavy atom. The predicted molar refractivity (Wildman–Crippen MR) is 235 cm³/mol. The van der Waals surface area contributed by atoms with E-state index in [9.17, 15) is 19.2 Å². The van der Waals surface area contributed by atoms with Crippen molar-refractivity contribution in [3.8, 4) is 0 Å². The molecule has 0 aliphatic heterocycles. The van der Waals surface area contributed by atoms with Crippen LogP contribution in [-0.2, 0) is 35.5 Å². The molecule has 0 radical (unpaired) electrons. The fraction of sp³-hybridized carbons (Fsp3) is 0.435. The zero-order chi connectivity index (χ0) is 42.3. The molecule has 0 aliphatic rings. The summed E-state index contributed by atoms with van der Waals surface area (Å²) in [6.45, 7) is 12.5. The quantitative estimate of drug-likeness (QED) is 0.0503. The predicted octanol–water partition coefficient (Wildman–Crippen LogP) is 7.65. The molecule has 2 heterocycles. The normalized spacial score (nSPS) is 9.72. The van der Waals surface area contributed by atoms with Gasteiger partial charge in [0.1, 0.15) is 0 Å². The Labute approximate surface area is 347 Å². The molecule has 0 unspecified atom stereocenters. The third-order valence-corrected chi connectivity index (χ3v) is 8.11. The van der Waals surface area contributed by atoms with Crippen molar-refractivity contribution in [2.24, 2.45) is 0 Å². The minimum atomic E-state index is -0.130. The van der Waals surface area contributed by atoms with Crippen LogP contribution < -0.4 is 31.9 Å². The number of aromatic nitrogens is 2. The van der Waals surface area contributed by atoms with E-state index in [1.165, 1.54) is 0 Å². The van der Waals surface area contributed by atoms with Crippen molar-refractivity contribution in [1.82, 2.24) is 41.9 Å². The van der Waals surface area contributed by atoms with Crippen LogP contribution in [0.15, 0.2) is 110 Å². The molecule has 316 valence electrons. The highest BCUT2D eigenvalue weighted by Crippen LogP contribution is 2.00. The van der Waals surface area contributed by atoms with Gasteiger partial charge in [0, 0.05) is 51.3 Å². The summed E-state index contributed by atoms with van der Waals surface area (Å²) in [4.78, 5) is 53.2. The summed E-state index contributed by atoms with van der Waals surface area (Å²) in [5.41, 5.74) is 4.06. The molecule has 0 saturated heterocycles. The highest BCUT2D eigenvalue weighted by atomic mass is 16.2. The molecule has 0 atom stereocenters. The highest BCUT2D eigenvalue weighted by molar-refractivity contribution is 5.79. The number of urea groups is 2. The standard InChI is InChI=1S/C12H18N2O.C12H17NO.C11H17N3O.C11H16N2O/c1-2-3-9-13-12(15)14-10-11-7-5-4-6-8-11;1-2-3-9-13-12(14)10-11-7-5-4-6-8-11;1-2-3-7-13-11(15)14-9-10-6-4-5-8-12-10;1-2-3-6-13-11(14)9-10-4-7-12-8-5-10/h4-8H,2-3,9-10H2,1H3,(H2,13,14,15);4-8H,2-3,9-10H2,1H3,(H,13,14);4-6,8H,2-3,7,9H2,1H3,(H2,13,14,15);4-5,7-8H,2-3,6,9H2,1H3,(H,13,14). The van der Waals surface area contributed by atoms with Gasteiger partial charge in [-0.15, -0.1) is 0 Å². The van der Waals surface area contributed by atoms with Crippen LogP contribution in [0.2, 0.25) is 0 Å². The average molecular weight is 797 g/mol. The SMILES string of the molecule is CCCCNC(=O)Cc1ccccc1.CCCCNC(=O)Cc1ccncc1.CCCCNC(=O)NCc1ccccc1.CCCCNC(=O)NCc1ccccn1. The molecule has 12 heteroatoms. The van der Waals surface area contributed by atoms with Gasteiger partial charge < -0.3 is 31.9 Å². The van der Waals surface area contributed by atoms with Gasteiger partial charge in [0.05, 0.1) is 25.1 Å². The summed E-state index contributed by atoms with van der Waals surface area (Å²) < 4.78 is 0. The Morgan fingerprint density at radius 3 is 1.29 bits per heavy atom. The lowest BCUT2D eigenvalue weighted by Gasteiger charge is -2.06. The molecule has 4 aromatic rings. The third kappa shape index (κ3) is 29.5.